The quantitative estimate of drug-likeness (QED) is 0.155. The zero-order valence-corrected chi connectivity index (χ0v) is 60.3. The molecule has 0 N–H and O–H groups in total. The van der Waals surface area contributed by atoms with Gasteiger partial charge < -0.3 is 13.7 Å². The Morgan fingerprint density at radius 3 is 1.10 bits per heavy atom. The summed E-state index contributed by atoms with van der Waals surface area (Å²) in [5.41, 5.74) is 28.4. The zero-order chi connectivity index (χ0) is 67.2. The lowest BCUT2D eigenvalue weighted by molar-refractivity contribution is 0.568. The Bertz CT molecular complexity index is 5650. The van der Waals surface area contributed by atoms with Crippen LogP contribution in [0.3, 0.4) is 0 Å². The second-order valence-electron chi connectivity index (χ2n) is 34.0. The van der Waals surface area contributed by atoms with Crippen LogP contribution in [0.1, 0.15) is 158 Å². The summed E-state index contributed by atoms with van der Waals surface area (Å²) in [6, 6.07) is 82.8. The van der Waals surface area contributed by atoms with Crippen LogP contribution in [0.15, 0.2) is 212 Å². The van der Waals surface area contributed by atoms with E-state index < -0.39 is 0 Å². The highest BCUT2D eigenvalue weighted by atomic mass is 32.1. The molecular formula is C92H89N3S. The number of para-hydroxylation sites is 2. The topological polar surface area (TPSA) is 12.1 Å². The zero-order valence-electron chi connectivity index (χ0n) is 59.5. The molecular weight excluding hydrogens is 1180 g/mol. The summed E-state index contributed by atoms with van der Waals surface area (Å²) in [5.74, 6) is 0. The number of anilines is 3. The summed E-state index contributed by atoms with van der Waals surface area (Å²) in [6.07, 6.45) is 0. The van der Waals surface area contributed by atoms with Crippen LogP contribution in [0.25, 0.3) is 130 Å². The standard InChI is InChI=1S/C92H89N3S/c1-87(2,3)61-39-55(40-62(51-61)88(4,5)6)58-45-72(54-33-35-69(36-34-54)93(67-27-21-19-22-28-67)68-29-23-20-24-30-68)81-74(47-58)75-48-59(56-41-63(89(7,8)9)52-64(42-56)90(10,11)12)46-73-70-37-38-78-80(84(70)95(81)82(73)75)76-49-60(57-43-65(91(13,14)15)53-66(44-57)92(16,17)18)50-77-83(76)94(78)85-71-31-25-26-32-79(71)96-86(77)85/h19-53H,1-18H3. The predicted octanol–water partition coefficient (Wildman–Crippen LogP) is 27.1. The normalized spacial score (nSPS) is 13.3. The van der Waals surface area contributed by atoms with E-state index in [0.717, 1.165) is 17.1 Å². The van der Waals surface area contributed by atoms with Crippen LogP contribution >= 0.6 is 11.3 Å². The van der Waals surface area contributed by atoms with Gasteiger partial charge in [-0.15, -0.1) is 11.3 Å². The van der Waals surface area contributed by atoms with E-state index in [1.165, 1.54) is 163 Å². The molecule has 5 aromatic heterocycles. The maximum Gasteiger partial charge on any atom is 0.0728 e. The molecule has 0 aliphatic carbocycles. The molecule has 0 bridgehead atoms. The molecule has 0 aliphatic rings. The largest absolute Gasteiger partial charge is 0.311 e. The first kappa shape index (κ1) is 61.6. The van der Waals surface area contributed by atoms with E-state index in [2.05, 4.69) is 351 Å². The van der Waals surface area contributed by atoms with Crippen molar-refractivity contribution in [2.75, 3.05) is 4.90 Å². The van der Waals surface area contributed by atoms with Gasteiger partial charge in [-0.3, -0.25) is 0 Å². The van der Waals surface area contributed by atoms with Crippen LogP contribution in [0, 0.1) is 0 Å². The van der Waals surface area contributed by atoms with Crippen molar-refractivity contribution in [1.29, 1.82) is 0 Å². The minimum atomic E-state index is -0.0762. The number of hydrogen-bond acceptors (Lipinski definition) is 2. The molecule has 0 spiro atoms. The Labute approximate surface area is 571 Å². The summed E-state index contributed by atoms with van der Waals surface area (Å²) in [6.45, 7) is 42.5. The van der Waals surface area contributed by atoms with Crippen molar-refractivity contribution in [2.45, 2.75) is 157 Å². The van der Waals surface area contributed by atoms with E-state index in [4.69, 9.17) is 0 Å². The monoisotopic (exact) mass is 1270 g/mol. The van der Waals surface area contributed by atoms with Crippen molar-refractivity contribution in [3.05, 3.63) is 246 Å². The van der Waals surface area contributed by atoms with E-state index in [0.29, 0.717) is 0 Å². The van der Waals surface area contributed by atoms with Gasteiger partial charge in [0.25, 0.3) is 0 Å². The van der Waals surface area contributed by atoms with Crippen molar-refractivity contribution in [1.82, 2.24) is 8.80 Å². The molecule has 478 valence electrons. The lowest BCUT2D eigenvalue weighted by atomic mass is 9.78. The van der Waals surface area contributed by atoms with Crippen molar-refractivity contribution in [3.8, 4) is 44.5 Å². The van der Waals surface area contributed by atoms with Crippen molar-refractivity contribution >= 4 is 114 Å². The van der Waals surface area contributed by atoms with E-state index in [-0.39, 0.29) is 32.5 Å². The maximum absolute atomic E-state index is 2.75. The van der Waals surface area contributed by atoms with Crippen LogP contribution in [0.4, 0.5) is 17.1 Å². The average molecular weight is 1270 g/mol. The molecule has 0 unspecified atom stereocenters. The Balaban J connectivity index is 1.10. The van der Waals surface area contributed by atoms with Gasteiger partial charge in [-0.1, -0.05) is 252 Å². The summed E-state index contributed by atoms with van der Waals surface area (Å²) in [5, 5.41) is 10.2. The Hall–Kier alpha value is -9.22. The van der Waals surface area contributed by atoms with Crippen LogP contribution in [0.5, 0.6) is 0 Å². The Morgan fingerprint density at radius 1 is 0.260 bits per heavy atom. The fourth-order valence-corrected chi connectivity index (χ4v) is 16.5. The smallest absolute Gasteiger partial charge is 0.0728 e. The molecule has 0 amide bonds. The molecule has 4 heteroatoms. The molecule has 16 rings (SSSR count). The van der Waals surface area contributed by atoms with Crippen LogP contribution in [-0.4, -0.2) is 8.80 Å². The van der Waals surface area contributed by atoms with Crippen LogP contribution in [0.2, 0.25) is 0 Å². The van der Waals surface area contributed by atoms with E-state index >= 15 is 0 Å². The number of aromatic nitrogens is 2. The van der Waals surface area contributed by atoms with Crippen molar-refractivity contribution in [2.24, 2.45) is 0 Å². The molecule has 11 aromatic carbocycles. The maximum atomic E-state index is 2.75. The highest BCUT2D eigenvalue weighted by Crippen LogP contribution is 2.54. The summed E-state index contributed by atoms with van der Waals surface area (Å²) in [4.78, 5) is 2.38. The second-order valence-corrected chi connectivity index (χ2v) is 35.1. The number of hydrogen-bond donors (Lipinski definition) is 0. The Kier molecular flexibility index (Phi) is 13.6. The Morgan fingerprint density at radius 2 is 0.635 bits per heavy atom. The fourth-order valence-electron chi connectivity index (χ4n) is 15.3. The average Bonchev–Trinajstić information content (AvgIpc) is 1.50. The molecule has 0 saturated heterocycles. The number of benzene rings is 11. The number of fused-ring (bicyclic) bond motifs is 15. The molecule has 0 fully saturated rings. The molecule has 0 radical (unpaired) electrons. The van der Waals surface area contributed by atoms with E-state index in [1.807, 2.05) is 11.3 Å². The third kappa shape index (κ3) is 9.93. The highest BCUT2D eigenvalue weighted by molar-refractivity contribution is 7.26. The van der Waals surface area contributed by atoms with Crippen LogP contribution < -0.4 is 4.90 Å². The number of nitrogens with zero attached hydrogens (tertiary/aromatic N) is 3. The molecule has 3 nitrogen and oxygen atoms in total. The first-order chi connectivity index (χ1) is 45.4. The van der Waals surface area contributed by atoms with Crippen molar-refractivity contribution < 1.29 is 0 Å². The fraction of sp³-hybridized carbons (Fsp3) is 0.261. The number of thiophene rings is 1. The lowest BCUT2D eigenvalue weighted by Crippen LogP contribution is -2.16. The predicted molar refractivity (Wildman–Crippen MR) is 420 cm³/mol. The van der Waals surface area contributed by atoms with Gasteiger partial charge in [0.2, 0.25) is 0 Å². The summed E-state index contributed by atoms with van der Waals surface area (Å²) >= 11 is 1.94. The first-order valence-corrected chi connectivity index (χ1v) is 35.5. The molecule has 96 heavy (non-hydrogen) atoms. The summed E-state index contributed by atoms with van der Waals surface area (Å²) < 4.78 is 8.06. The number of rotatable bonds is 7. The molecule has 5 heterocycles. The lowest BCUT2D eigenvalue weighted by Gasteiger charge is -2.26. The second kappa shape index (κ2) is 21.1. The van der Waals surface area contributed by atoms with E-state index in [9.17, 15) is 0 Å². The molecule has 0 atom stereocenters. The first-order valence-electron chi connectivity index (χ1n) is 34.7. The minimum absolute atomic E-state index is 0.0500. The highest BCUT2D eigenvalue weighted by Gasteiger charge is 2.32. The van der Waals surface area contributed by atoms with Gasteiger partial charge in [-0.05, 0) is 190 Å². The van der Waals surface area contributed by atoms with Gasteiger partial charge in [-0.2, -0.15) is 0 Å². The van der Waals surface area contributed by atoms with Gasteiger partial charge >= 0.3 is 0 Å². The van der Waals surface area contributed by atoms with Gasteiger partial charge in [0.15, 0.2) is 0 Å². The van der Waals surface area contributed by atoms with Crippen molar-refractivity contribution in [3.63, 3.8) is 0 Å². The molecule has 0 saturated carbocycles. The van der Waals surface area contributed by atoms with Gasteiger partial charge in [0, 0.05) is 70.4 Å². The van der Waals surface area contributed by atoms with E-state index in [1.54, 1.807) is 0 Å². The van der Waals surface area contributed by atoms with Gasteiger partial charge in [0.1, 0.15) is 0 Å². The van der Waals surface area contributed by atoms with Crippen LogP contribution in [-0.2, 0) is 32.5 Å². The summed E-state index contributed by atoms with van der Waals surface area (Å²) in [7, 11) is 0. The third-order valence-corrected chi connectivity index (χ3v) is 22.2. The van der Waals surface area contributed by atoms with Gasteiger partial charge in [0.05, 0.1) is 37.8 Å². The molecule has 0 aliphatic heterocycles. The third-order valence-electron chi connectivity index (χ3n) is 21.0. The van der Waals surface area contributed by atoms with Gasteiger partial charge in [-0.25, -0.2) is 0 Å². The molecule has 16 aromatic rings. The minimum Gasteiger partial charge on any atom is -0.311 e. The SMILES string of the molecule is CC(C)(C)c1cc(-c2cc(-c3ccc(N(c4ccccc4)c4ccccc4)cc3)c3c(c2)c2cc(-c4cc(C(C)(C)C)cc(C(C)(C)C)c4)cc4c5ccc6c(c7cc(-c8cc(C(C)(C)C)cc(C(C)(C)C)c8)cc8c9sc%10ccccc%10c9n6c87)c5n3c24)cc(C(C)(C)C)c1.